The maximum Gasteiger partial charge on any atom is 0.251 e. The molecule has 1 aliphatic carbocycles. The van der Waals surface area contributed by atoms with Crippen LogP contribution in [0.3, 0.4) is 0 Å². The summed E-state index contributed by atoms with van der Waals surface area (Å²) >= 11 is 1.85. The average Bonchev–Trinajstić information content (AvgIpc) is 2.98. The number of rotatable bonds is 5. The molecule has 2 N–H and O–H groups in total. The fourth-order valence-electron chi connectivity index (χ4n) is 2.64. The van der Waals surface area contributed by atoms with Crippen molar-refractivity contribution in [2.75, 3.05) is 13.1 Å². The minimum absolute atomic E-state index is 0.342. The van der Waals surface area contributed by atoms with Crippen molar-refractivity contribution in [3.63, 3.8) is 0 Å². The Bertz CT molecular complexity index is 668. The van der Waals surface area contributed by atoms with Crippen LogP contribution < -0.4 is 5.73 Å². The molecule has 1 saturated carbocycles. The molecule has 0 spiro atoms. The Morgan fingerprint density at radius 1 is 1.38 bits per heavy atom. The summed E-state index contributed by atoms with van der Waals surface area (Å²) in [6.45, 7) is 2.87. The van der Waals surface area contributed by atoms with Gasteiger partial charge in [0.25, 0.3) is 5.91 Å². The number of hydrogen-bond donors (Lipinski definition) is 1. The molecule has 7 heteroatoms. The quantitative estimate of drug-likeness (QED) is 0.905. The van der Waals surface area contributed by atoms with Crippen LogP contribution in [0.4, 0.5) is 0 Å². The Balaban J connectivity index is 1.32. The molecule has 0 atom stereocenters. The number of aromatic nitrogens is 3. The second-order valence-corrected chi connectivity index (χ2v) is 7.01. The lowest BCUT2D eigenvalue weighted by Crippen LogP contribution is -2.47. The minimum atomic E-state index is -0.422. The van der Waals surface area contributed by atoms with E-state index in [1.165, 1.54) is 28.9 Å². The molecular formula is C14H17N5OS. The first-order chi connectivity index (χ1) is 10.2. The lowest BCUT2D eigenvalue weighted by atomic mass is 10.1. The molecule has 0 unspecified atom stereocenters. The van der Waals surface area contributed by atoms with E-state index in [9.17, 15) is 4.79 Å². The fraction of sp³-hybridized carbons (Fsp3) is 0.500. The lowest BCUT2D eigenvalue weighted by Gasteiger charge is -2.38. The van der Waals surface area contributed by atoms with Crippen molar-refractivity contribution in [3.8, 4) is 0 Å². The SMILES string of the molecule is NC(=O)c1cnn(C2CN(Cc3cnc(C4CC4)s3)C2)c1. The van der Waals surface area contributed by atoms with E-state index in [1.54, 1.807) is 6.20 Å². The normalized spacial score (nSPS) is 19.6. The van der Waals surface area contributed by atoms with E-state index in [1.807, 2.05) is 22.2 Å². The van der Waals surface area contributed by atoms with E-state index in [0.717, 1.165) is 25.6 Å². The van der Waals surface area contributed by atoms with Crippen LogP contribution in [0.25, 0.3) is 0 Å². The Morgan fingerprint density at radius 3 is 2.86 bits per heavy atom. The summed E-state index contributed by atoms with van der Waals surface area (Å²) in [5.74, 6) is 0.318. The largest absolute Gasteiger partial charge is 0.366 e. The number of amides is 1. The molecule has 110 valence electrons. The van der Waals surface area contributed by atoms with Crippen molar-refractivity contribution in [1.29, 1.82) is 0 Å². The molecule has 6 nitrogen and oxygen atoms in total. The van der Waals surface area contributed by atoms with Gasteiger partial charge in [-0.15, -0.1) is 11.3 Å². The Kier molecular flexibility index (Phi) is 3.04. The monoisotopic (exact) mass is 303 g/mol. The van der Waals surface area contributed by atoms with Gasteiger partial charge in [0.15, 0.2) is 0 Å². The number of primary amides is 1. The summed E-state index contributed by atoms with van der Waals surface area (Å²) in [4.78, 5) is 19.3. The van der Waals surface area contributed by atoms with Gasteiger partial charge in [0.1, 0.15) is 0 Å². The maximum absolute atomic E-state index is 11.1. The zero-order valence-electron chi connectivity index (χ0n) is 11.6. The van der Waals surface area contributed by atoms with Gasteiger partial charge in [-0.1, -0.05) is 0 Å². The van der Waals surface area contributed by atoms with E-state index in [-0.39, 0.29) is 0 Å². The summed E-state index contributed by atoms with van der Waals surface area (Å²) in [5.41, 5.74) is 5.72. The standard InChI is InChI=1S/C14H17N5OS/c15-13(20)10-3-17-19(5-10)11-6-18(7-11)8-12-4-16-14(21-12)9-1-2-9/h3-5,9,11H,1-2,6-8H2,(H2,15,20). The van der Waals surface area contributed by atoms with Crippen LogP contribution in [-0.4, -0.2) is 38.7 Å². The van der Waals surface area contributed by atoms with Crippen LogP contribution in [0.5, 0.6) is 0 Å². The molecule has 0 bridgehead atoms. The third-order valence-corrected chi connectivity index (χ3v) is 5.22. The number of likely N-dealkylation sites (tertiary alicyclic amines) is 1. The number of thiazole rings is 1. The van der Waals surface area contributed by atoms with Crippen LogP contribution in [0.1, 0.15) is 45.0 Å². The number of nitrogens with two attached hydrogens (primary N) is 1. The first kappa shape index (κ1) is 13.0. The molecule has 1 amide bonds. The van der Waals surface area contributed by atoms with Crippen molar-refractivity contribution >= 4 is 17.2 Å². The number of carbonyl (C=O) groups excluding carboxylic acids is 1. The molecule has 21 heavy (non-hydrogen) atoms. The van der Waals surface area contributed by atoms with Gasteiger partial charge in [-0.25, -0.2) is 4.98 Å². The van der Waals surface area contributed by atoms with Gasteiger partial charge in [0, 0.05) is 42.8 Å². The first-order valence-electron chi connectivity index (χ1n) is 7.20. The van der Waals surface area contributed by atoms with Gasteiger partial charge < -0.3 is 5.73 Å². The van der Waals surface area contributed by atoms with Crippen molar-refractivity contribution in [2.24, 2.45) is 5.73 Å². The second kappa shape index (κ2) is 4.92. The molecule has 2 aromatic rings. The maximum atomic E-state index is 11.1. The third-order valence-electron chi connectivity index (χ3n) is 4.08. The Hall–Kier alpha value is -1.73. The third kappa shape index (κ3) is 2.58. The summed E-state index contributed by atoms with van der Waals surface area (Å²) in [6, 6.07) is 0.342. The summed E-state index contributed by atoms with van der Waals surface area (Å²) in [7, 11) is 0. The predicted molar refractivity (Wildman–Crippen MR) is 79.1 cm³/mol. The predicted octanol–water partition coefficient (Wildman–Crippen LogP) is 1.37. The Labute approximate surface area is 126 Å². The van der Waals surface area contributed by atoms with Crippen molar-refractivity contribution in [1.82, 2.24) is 19.7 Å². The molecule has 4 rings (SSSR count). The molecule has 1 saturated heterocycles. The highest BCUT2D eigenvalue weighted by Crippen LogP contribution is 2.42. The van der Waals surface area contributed by atoms with Crippen LogP contribution >= 0.6 is 11.3 Å². The topological polar surface area (TPSA) is 77.0 Å². The average molecular weight is 303 g/mol. The van der Waals surface area contributed by atoms with Gasteiger partial charge in [-0.05, 0) is 12.8 Å². The Morgan fingerprint density at radius 2 is 2.19 bits per heavy atom. The molecule has 2 aliphatic rings. The van der Waals surface area contributed by atoms with Gasteiger partial charge in [0.2, 0.25) is 0 Å². The number of nitrogens with zero attached hydrogens (tertiary/aromatic N) is 4. The van der Waals surface area contributed by atoms with Crippen LogP contribution in [0, 0.1) is 0 Å². The first-order valence-corrected chi connectivity index (χ1v) is 8.01. The van der Waals surface area contributed by atoms with Crippen molar-refractivity contribution in [2.45, 2.75) is 31.3 Å². The van der Waals surface area contributed by atoms with Crippen LogP contribution in [0.15, 0.2) is 18.6 Å². The number of carbonyl (C=O) groups is 1. The molecule has 3 heterocycles. The molecule has 0 aromatic carbocycles. The highest BCUT2D eigenvalue weighted by molar-refractivity contribution is 7.11. The number of hydrogen-bond acceptors (Lipinski definition) is 5. The van der Waals surface area contributed by atoms with E-state index in [0.29, 0.717) is 11.6 Å². The summed E-state index contributed by atoms with van der Waals surface area (Å²) < 4.78 is 1.85. The van der Waals surface area contributed by atoms with E-state index in [2.05, 4.69) is 15.0 Å². The zero-order chi connectivity index (χ0) is 14.4. The van der Waals surface area contributed by atoms with Gasteiger partial charge in [0.05, 0.1) is 22.8 Å². The van der Waals surface area contributed by atoms with Crippen LogP contribution in [0.2, 0.25) is 0 Å². The van der Waals surface area contributed by atoms with E-state index < -0.39 is 5.91 Å². The smallest absolute Gasteiger partial charge is 0.251 e. The van der Waals surface area contributed by atoms with Crippen molar-refractivity contribution < 1.29 is 4.79 Å². The summed E-state index contributed by atoms with van der Waals surface area (Å²) in [6.07, 6.45) is 7.91. The second-order valence-electron chi connectivity index (χ2n) is 5.86. The van der Waals surface area contributed by atoms with Gasteiger partial charge >= 0.3 is 0 Å². The molecule has 2 fully saturated rings. The zero-order valence-corrected chi connectivity index (χ0v) is 12.4. The van der Waals surface area contributed by atoms with E-state index in [4.69, 9.17) is 5.73 Å². The molecule has 0 radical (unpaired) electrons. The van der Waals surface area contributed by atoms with E-state index >= 15 is 0 Å². The highest BCUT2D eigenvalue weighted by atomic mass is 32.1. The van der Waals surface area contributed by atoms with Gasteiger partial charge in [-0.2, -0.15) is 5.10 Å². The molecular weight excluding hydrogens is 286 g/mol. The fourth-order valence-corrected chi connectivity index (χ4v) is 3.77. The van der Waals surface area contributed by atoms with Gasteiger partial charge in [-0.3, -0.25) is 14.4 Å². The summed E-state index contributed by atoms with van der Waals surface area (Å²) in [5, 5.41) is 5.52. The molecule has 1 aliphatic heterocycles. The van der Waals surface area contributed by atoms with Crippen LogP contribution in [-0.2, 0) is 6.54 Å². The molecule has 2 aromatic heterocycles. The minimum Gasteiger partial charge on any atom is -0.366 e. The lowest BCUT2D eigenvalue weighted by molar-refractivity contribution is 0.0916. The highest BCUT2D eigenvalue weighted by Gasteiger charge is 2.30. The van der Waals surface area contributed by atoms with Crippen molar-refractivity contribution in [3.05, 3.63) is 34.0 Å².